The largest absolute Gasteiger partial charge is 0.481 e. The summed E-state index contributed by atoms with van der Waals surface area (Å²) in [5.74, 6) is -0.940. The number of aliphatic carboxylic acids is 2. The third-order valence-corrected chi connectivity index (χ3v) is 5.78. The van der Waals surface area contributed by atoms with Gasteiger partial charge in [0.15, 0.2) is 0 Å². The molecule has 0 aromatic carbocycles. The molecule has 2 atom stereocenters. The smallest absolute Gasteiger partial charge is 0.306 e. The number of carboxylic acid groups (broad SMARTS) is 2. The van der Waals surface area contributed by atoms with Crippen LogP contribution in [0.1, 0.15) is 129 Å². The minimum atomic E-state index is -0.684. The van der Waals surface area contributed by atoms with Gasteiger partial charge in [0, 0.05) is 6.42 Å². The third-order valence-electron chi connectivity index (χ3n) is 5.78. The van der Waals surface area contributed by atoms with Crippen LogP contribution in [0.15, 0.2) is 0 Å². The molecule has 0 saturated carbocycles. The van der Waals surface area contributed by atoms with Crippen molar-refractivity contribution in [2.75, 3.05) is 0 Å². The van der Waals surface area contributed by atoms with E-state index in [0.29, 0.717) is 12.3 Å². The quantitative estimate of drug-likeness (QED) is 0.197. The number of hydrogen-bond donors (Lipinski definition) is 2. The Labute approximate surface area is 173 Å². The molecule has 0 rings (SSSR count). The van der Waals surface area contributed by atoms with Crippen LogP contribution in [0.25, 0.3) is 0 Å². The van der Waals surface area contributed by atoms with Gasteiger partial charge in [-0.05, 0) is 25.2 Å². The number of hydrogen-bond acceptors (Lipinski definition) is 2. The minimum Gasteiger partial charge on any atom is -0.481 e. The molecule has 0 aliphatic carbocycles. The molecule has 0 fully saturated rings. The number of carboxylic acids is 2. The second kappa shape index (κ2) is 19.3. The van der Waals surface area contributed by atoms with E-state index in [1.807, 2.05) is 0 Å². The van der Waals surface area contributed by atoms with Crippen molar-refractivity contribution < 1.29 is 19.8 Å². The fourth-order valence-corrected chi connectivity index (χ4v) is 3.95. The molecule has 0 bridgehead atoms. The van der Waals surface area contributed by atoms with Gasteiger partial charge in [-0.15, -0.1) is 0 Å². The summed E-state index contributed by atoms with van der Waals surface area (Å²) in [6.45, 7) is 4.41. The van der Waals surface area contributed by atoms with Gasteiger partial charge in [-0.25, -0.2) is 0 Å². The van der Waals surface area contributed by atoms with Crippen molar-refractivity contribution >= 4 is 11.9 Å². The molecule has 2 N–H and O–H groups in total. The van der Waals surface area contributed by atoms with Crippen molar-refractivity contribution in [3.8, 4) is 0 Å². The van der Waals surface area contributed by atoms with Crippen LogP contribution in [0.3, 0.4) is 0 Å². The van der Waals surface area contributed by atoms with Crippen molar-refractivity contribution in [2.24, 2.45) is 11.8 Å². The summed E-state index contributed by atoms with van der Waals surface area (Å²) in [4.78, 5) is 21.9. The van der Waals surface area contributed by atoms with E-state index in [9.17, 15) is 14.7 Å². The van der Waals surface area contributed by atoms with Crippen LogP contribution in [0, 0.1) is 11.8 Å². The van der Waals surface area contributed by atoms with E-state index in [1.165, 1.54) is 64.2 Å². The lowest BCUT2D eigenvalue weighted by Gasteiger charge is -2.17. The standard InChI is InChI=1S/C24H46O4/c1-3-4-5-11-15-18-22(24(27)28)20-21(2)17-14-12-9-7-6-8-10-13-16-19-23(25)26/h21-22H,3-20H2,1-2H3,(H,25,26)(H,27,28). The first-order valence-electron chi connectivity index (χ1n) is 11.9. The van der Waals surface area contributed by atoms with Crippen LogP contribution >= 0.6 is 0 Å². The Morgan fingerprint density at radius 2 is 1.14 bits per heavy atom. The maximum atomic E-state index is 11.5. The molecular weight excluding hydrogens is 352 g/mol. The lowest BCUT2D eigenvalue weighted by Crippen LogP contribution is -2.17. The van der Waals surface area contributed by atoms with Gasteiger partial charge in [-0.2, -0.15) is 0 Å². The fraction of sp³-hybridized carbons (Fsp3) is 0.917. The molecular formula is C24H46O4. The average molecular weight is 399 g/mol. The lowest BCUT2D eigenvalue weighted by atomic mass is 9.88. The molecule has 4 nitrogen and oxygen atoms in total. The summed E-state index contributed by atoms with van der Waals surface area (Å²) in [6.07, 6.45) is 19.5. The maximum Gasteiger partial charge on any atom is 0.306 e. The molecule has 0 aromatic rings. The second-order valence-corrected chi connectivity index (χ2v) is 8.69. The molecule has 0 amide bonds. The van der Waals surface area contributed by atoms with E-state index in [0.717, 1.165) is 44.9 Å². The highest BCUT2D eigenvalue weighted by molar-refractivity contribution is 5.69. The zero-order valence-electron chi connectivity index (χ0n) is 18.6. The molecule has 0 aliphatic heterocycles. The van der Waals surface area contributed by atoms with Gasteiger partial charge in [0.1, 0.15) is 0 Å². The summed E-state index contributed by atoms with van der Waals surface area (Å²) in [5.41, 5.74) is 0. The lowest BCUT2D eigenvalue weighted by molar-refractivity contribution is -0.142. The fourth-order valence-electron chi connectivity index (χ4n) is 3.95. The second-order valence-electron chi connectivity index (χ2n) is 8.69. The van der Waals surface area contributed by atoms with Crippen LogP contribution in [0.2, 0.25) is 0 Å². The first-order valence-corrected chi connectivity index (χ1v) is 11.9. The van der Waals surface area contributed by atoms with Crippen molar-refractivity contribution in [3.05, 3.63) is 0 Å². The monoisotopic (exact) mass is 398 g/mol. The molecule has 0 aliphatic rings. The van der Waals surface area contributed by atoms with Crippen molar-refractivity contribution in [1.82, 2.24) is 0 Å². The van der Waals surface area contributed by atoms with Gasteiger partial charge in [0.05, 0.1) is 5.92 Å². The number of carbonyl (C=O) groups is 2. The van der Waals surface area contributed by atoms with Gasteiger partial charge in [-0.3, -0.25) is 9.59 Å². The predicted molar refractivity (Wildman–Crippen MR) is 117 cm³/mol. The maximum absolute atomic E-state index is 11.5. The van der Waals surface area contributed by atoms with Crippen LogP contribution in [-0.4, -0.2) is 22.2 Å². The van der Waals surface area contributed by atoms with Gasteiger partial charge in [0.25, 0.3) is 0 Å². The van der Waals surface area contributed by atoms with E-state index in [4.69, 9.17) is 5.11 Å². The number of rotatable bonds is 21. The highest BCUT2D eigenvalue weighted by atomic mass is 16.4. The van der Waals surface area contributed by atoms with E-state index in [1.54, 1.807) is 0 Å². The van der Waals surface area contributed by atoms with Gasteiger partial charge in [0.2, 0.25) is 0 Å². The zero-order valence-corrected chi connectivity index (χ0v) is 18.6. The topological polar surface area (TPSA) is 74.6 Å². The Hall–Kier alpha value is -1.06. The number of unbranched alkanes of at least 4 members (excludes halogenated alkanes) is 12. The average Bonchev–Trinajstić information content (AvgIpc) is 2.64. The molecule has 0 spiro atoms. The van der Waals surface area contributed by atoms with Crippen LogP contribution in [-0.2, 0) is 9.59 Å². The van der Waals surface area contributed by atoms with E-state index in [-0.39, 0.29) is 5.92 Å². The highest BCUT2D eigenvalue weighted by Gasteiger charge is 2.19. The predicted octanol–water partition coefficient (Wildman–Crippen LogP) is 7.45. The van der Waals surface area contributed by atoms with Crippen molar-refractivity contribution in [1.29, 1.82) is 0 Å². The molecule has 0 radical (unpaired) electrons. The molecule has 166 valence electrons. The first-order chi connectivity index (χ1) is 13.5. The Bertz CT molecular complexity index is 381. The Kier molecular flexibility index (Phi) is 18.5. The van der Waals surface area contributed by atoms with Crippen molar-refractivity contribution in [3.63, 3.8) is 0 Å². The van der Waals surface area contributed by atoms with E-state index in [2.05, 4.69) is 13.8 Å². The zero-order chi connectivity index (χ0) is 21.0. The summed E-state index contributed by atoms with van der Waals surface area (Å²) < 4.78 is 0. The Balaban J connectivity index is 3.58. The molecule has 0 heterocycles. The summed E-state index contributed by atoms with van der Waals surface area (Å²) in [6, 6.07) is 0. The highest BCUT2D eigenvalue weighted by Crippen LogP contribution is 2.24. The van der Waals surface area contributed by atoms with Crippen LogP contribution in [0.4, 0.5) is 0 Å². The third kappa shape index (κ3) is 18.3. The molecule has 0 saturated heterocycles. The van der Waals surface area contributed by atoms with Crippen LogP contribution in [0.5, 0.6) is 0 Å². The normalized spacial score (nSPS) is 13.4. The van der Waals surface area contributed by atoms with Crippen molar-refractivity contribution in [2.45, 2.75) is 129 Å². The Morgan fingerprint density at radius 1 is 0.679 bits per heavy atom. The van der Waals surface area contributed by atoms with E-state index >= 15 is 0 Å². The molecule has 0 aromatic heterocycles. The minimum absolute atomic E-state index is 0.155. The van der Waals surface area contributed by atoms with E-state index < -0.39 is 11.9 Å². The molecule has 2 unspecified atom stereocenters. The summed E-state index contributed by atoms with van der Waals surface area (Å²) in [5, 5.41) is 18.1. The summed E-state index contributed by atoms with van der Waals surface area (Å²) >= 11 is 0. The van der Waals surface area contributed by atoms with Crippen LogP contribution < -0.4 is 0 Å². The summed E-state index contributed by atoms with van der Waals surface area (Å²) in [7, 11) is 0. The Morgan fingerprint density at radius 3 is 1.64 bits per heavy atom. The SMILES string of the molecule is CCCCCCCC(CC(C)CCCCCCCCCCCC(=O)O)C(=O)O. The molecule has 4 heteroatoms. The first kappa shape index (κ1) is 26.9. The van der Waals surface area contributed by atoms with Gasteiger partial charge >= 0.3 is 11.9 Å². The molecule has 28 heavy (non-hydrogen) atoms. The van der Waals surface area contributed by atoms with Gasteiger partial charge < -0.3 is 10.2 Å². The van der Waals surface area contributed by atoms with Gasteiger partial charge in [-0.1, -0.05) is 104 Å².